The van der Waals surface area contributed by atoms with Crippen LogP contribution in [-0.2, 0) is 16.1 Å². The highest BCUT2D eigenvalue weighted by Gasteiger charge is 2.29. The standard InChI is InChI=1S/C21H35N3O3/c1-16(2)27-12-11-26-15-18-7-6-8-19(13-18)22-21(25)24(5)20-9-10-23(4)14-17(20)3/h6-8,13,16-17,20H,9-12,14-15H2,1-5H3,(H,22,25). The Balaban J connectivity index is 1.83. The smallest absolute Gasteiger partial charge is 0.321 e. The summed E-state index contributed by atoms with van der Waals surface area (Å²) >= 11 is 0. The van der Waals surface area contributed by atoms with Crippen LogP contribution in [0.4, 0.5) is 10.5 Å². The van der Waals surface area contributed by atoms with Crippen LogP contribution in [0.3, 0.4) is 0 Å². The summed E-state index contributed by atoms with van der Waals surface area (Å²) in [7, 11) is 4.03. The predicted octanol–water partition coefficient (Wildman–Crippen LogP) is 3.43. The number of benzene rings is 1. The van der Waals surface area contributed by atoms with Gasteiger partial charge < -0.3 is 24.6 Å². The van der Waals surface area contributed by atoms with E-state index in [9.17, 15) is 4.79 Å². The molecule has 2 atom stereocenters. The van der Waals surface area contributed by atoms with Gasteiger partial charge in [0.2, 0.25) is 0 Å². The molecule has 0 spiro atoms. The van der Waals surface area contributed by atoms with Crippen LogP contribution < -0.4 is 5.32 Å². The van der Waals surface area contributed by atoms with E-state index in [0.717, 1.165) is 30.8 Å². The zero-order chi connectivity index (χ0) is 19.8. The molecule has 6 nitrogen and oxygen atoms in total. The second-order valence-corrected chi connectivity index (χ2v) is 7.81. The van der Waals surface area contributed by atoms with E-state index in [1.54, 1.807) is 0 Å². The molecule has 2 amide bonds. The average molecular weight is 378 g/mol. The number of rotatable bonds is 8. The Hall–Kier alpha value is -1.63. The molecule has 0 saturated carbocycles. The molecule has 152 valence electrons. The molecule has 0 radical (unpaired) electrons. The molecule has 0 aliphatic carbocycles. The van der Waals surface area contributed by atoms with Crippen molar-refractivity contribution in [3.8, 4) is 0 Å². The topological polar surface area (TPSA) is 54.0 Å². The number of hydrogen-bond acceptors (Lipinski definition) is 4. The second-order valence-electron chi connectivity index (χ2n) is 7.81. The molecule has 27 heavy (non-hydrogen) atoms. The van der Waals surface area contributed by atoms with Gasteiger partial charge in [-0.15, -0.1) is 0 Å². The van der Waals surface area contributed by atoms with Gasteiger partial charge in [0, 0.05) is 25.3 Å². The van der Waals surface area contributed by atoms with Gasteiger partial charge in [-0.1, -0.05) is 19.1 Å². The monoisotopic (exact) mass is 377 g/mol. The minimum absolute atomic E-state index is 0.0557. The van der Waals surface area contributed by atoms with Crippen LogP contribution >= 0.6 is 0 Å². The van der Waals surface area contributed by atoms with Crippen LogP contribution in [0.15, 0.2) is 24.3 Å². The lowest BCUT2D eigenvalue weighted by Crippen LogP contribution is -2.50. The third-order valence-corrected chi connectivity index (χ3v) is 5.01. The van der Waals surface area contributed by atoms with Crippen molar-refractivity contribution in [3.05, 3.63) is 29.8 Å². The number of carbonyl (C=O) groups excluding carboxylic acids is 1. The first-order chi connectivity index (χ1) is 12.9. The van der Waals surface area contributed by atoms with Crippen molar-refractivity contribution >= 4 is 11.7 Å². The van der Waals surface area contributed by atoms with Gasteiger partial charge in [-0.05, 0) is 57.5 Å². The summed E-state index contributed by atoms with van der Waals surface area (Å²) in [4.78, 5) is 16.8. The van der Waals surface area contributed by atoms with E-state index in [0.29, 0.717) is 25.7 Å². The fourth-order valence-corrected chi connectivity index (χ4v) is 3.55. The summed E-state index contributed by atoms with van der Waals surface area (Å²) in [6.45, 7) is 9.94. The molecule has 0 aromatic heterocycles. The highest BCUT2D eigenvalue weighted by Crippen LogP contribution is 2.21. The van der Waals surface area contributed by atoms with Crippen LogP contribution in [-0.4, -0.2) is 68.4 Å². The van der Waals surface area contributed by atoms with Gasteiger partial charge in [0.05, 0.1) is 25.9 Å². The van der Waals surface area contributed by atoms with Crippen LogP contribution in [0.2, 0.25) is 0 Å². The number of ether oxygens (including phenoxy) is 2. The molecule has 1 aliphatic rings. The van der Waals surface area contributed by atoms with Crippen LogP contribution in [0.25, 0.3) is 0 Å². The van der Waals surface area contributed by atoms with E-state index >= 15 is 0 Å². The molecule has 2 rings (SSSR count). The number of piperidine rings is 1. The summed E-state index contributed by atoms with van der Waals surface area (Å²) in [5, 5.41) is 3.02. The highest BCUT2D eigenvalue weighted by molar-refractivity contribution is 5.89. The third-order valence-electron chi connectivity index (χ3n) is 5.01. The molecule has 1 saturated heterocycles. The Kier molecular flexibility index (Phi) is 8.54. The molecule has 1 aromatic rings. The maximum absolute atomic E-state index is 12.7. The number of carbonyl (C=O) groups is 1. The summed E-state index contributed by atoms with van der Waals surface area (Å²) in [6, 6.07) is 8.04. The van der Waals surface area contributed by atoms with E-state index in [4.69, 9.17) is 9.47 Å². The van der Waals surface area contributed by atoms with Crippen molar-refractivity contribution in [2.24, 2.45) is 5.92 Å². The minimum atomic E-state index is -0.0557. The number of nitrogens with zero attached hydrogens (tertiary/aromatic N) is 2. The Morgan fingerprint density at radius 1 is 1.37 bits per heavy atom. The lowest BCUT2D eigenvalue weighted by molar-refractivity contribution is 0.0143. The largest absolute Gasteiger partial charge is 0.376 e. The van der Waals surface area contributed by atoms with Crippen molar-refractivity contribution in [3.63, 3.8) is 0 Å². The number of amides is 2. The number of likely N-dealkylation sites (tertiary alicyclic amines) is 1. The van der Waals surface area contributed by atoms with E-state index in [-0.39, 0.29) is 18.2 Å². The molecule has 1 fully saturated rings. The minimum Gasteiger partial charge on any atom is -0.376 e. The zero-order valence-electron chi connectivity index (χ0n) is 17.4. The first-order valence-corrected chi connectivity index (χ1v) is 9.87. The van der Waals surface area contributed by atoms with E-state index in [2.05, 4.69) is 24.2 Å². The van der Waals surface area contributed by atoms with E-state index in [1.807, 2.05) is 50.1 Å². The summed E-state index contributed by atoms with van der Waals surface area (Å²) in [5.41, 5.74) is 1.83. The van der Waals surface area contributed by atoms with Crippen molar-refractivity contribution in [1.29, 1.82) is 0 Å². The highest BCUT2D eigenvalue weighted by atomic mass is 16.5. The van der Waals surface area contributed by atoms with Crippen molar-refractivity contribution < 1.29 is 14.3 Å². The molecule has 2 unspecified atom stereocenters. The summed E-state index contributed by atoms with van der Waals surface area (Å²) in [5.74, 6) is 0.465. The fourth-order valence-electron chi connectivity index (χ4n) is 3.55. The molecule has 1 N–H and O–H groups in total. The van der Waals surface area contributed by atoms with Crippen molar-refractivity contribution in [1.82, 2.24) is 9.80 Å². The summed E-state index contributed by atoms with van der Waals surface area (Å²) < 4.78 is 11.1. The number of urea groups is 1. The molecule has 1 aromatic carbocycles. The molecular formula is C21H35N3O3. The molecule has 1 heterocycles. The van der Waals surface area contributed by atoms with E-state index < -0.39 is 0 Å². The van der Waals surface area contributed by atoms with Crippen LogP contribution in [0.5, 0.6) is 0 Å². The number of hydrogen-bond donors (Lipinski definition) is 1. The Morgan fingerprint density at radius 2 is 2.15 bits per heavy atom. The van der Waals surface area contributed by atoms with Crippen LogP contribution in [0, 0.1) is 5.92 Å². The first kappa shape index (κ1) is 21.7. The Morgan fingerprint density at radius 3 is 2.85 bits per heavy atom. The Labute approximate surface area is 163 Å². The van der Waals surface area contributed by atoms with Gasteiger partial charge in [-0.25, -0.2) is 4.79 Å². The fraction of sp³-hybridized carbons (Fsp3) is 0.667. The lowest BCUT2D eigenvalue weighted by Gasteiger charge is -2.39. The molecule has 0 bridgehead atoms. The van der Waals surface area contributed by atoms with Gasteiger partial charge in [-0.3, -0.25) is 0 Å². The maximum Gasteiger partial charge on any atom is 0.321 e. The molecule has 1 aliphatic heterocycles. The van der Waals surface area contributed by atoms with Gasteiger partial charge in [0.25, 0.3) is 0 Å². The van der Waals surface area contributed by atoms with Gasteiger partial charge in [0.1, 0.15) is 0 Å². The van der Waals surface area contributed by atoms with Crippen molar-refractivity contribution in [2.75, 3.05) is 45.7 Å². The van der Waals surface area contributed by atoms with E-state index in [1.165, 1.54) is 0 Å². The lowest BCUT2D eigenvalue weighted by atomic mass is 9.93. The van der Waals surface area contributed by atoms with Crippen LogP contribution in [0.1, 0.15) is 32.8 Å². The normalized spacial score (nSPS) is 20.7. The second kappa shape index (κ2) is 10.6. The van der Waals surface area contributed by atoms with Gasteiger partial charge >= 0.3 is 6.03 Å². The summed E-state index contributed by atoms with van der Waals surface area (Å²) in [6.07, 6.45) is 1.23. The average Bonchev–Trinajstić information content (AvgIpc) is 2.61. The molecule has 6 heteroatoms. The number of nitrogens with one attached hydrogen (secondary N) is 1. The quantitative estimate of drug-likeness (QED) is 0.705. The predicted molar refractivity (Wildman–Crippen MR) is 109 cm³/mol. The third kappa shape index (κ3) is 7.13. The SMILES string of the molecule is CC(C)OCCOCc1cccc(NC(=O)N(C)C2CCN(C)CC2C)c1. The van der Waals surface area contributed by atoms with Gasteiger partial charge in [0.15, 0.2) is 0 Å². The van der Waals surface area contributed by atoms with Gasteiger partial charge in [-0.2, -0.15) is 0 Å². The zero-order valence-corrected chi connectivity index (χ0v) is 17.4. The Bertz CT molecular complexity index is 594. The number of anilines is 1. The van der Waals surface area contributed by atoms with Crippen molar-refractivity contribution in [2.45, 2.75) is 45.9 Å². The first-order valence-electron chi connectivity index (χ1n) is 9.87. The molecular weight excluding hydrogens is 342 g/mol. The maximum atomic E-state index is 12.7.